The molecule has 0 aliphatic heterocycles. The van der Waals surface area contributed by atoms with Crippen molar-refractivity contribution in [3.63, 3.8) is 0 Å². The zero-order valence-corrected chi connectivity index (χ0v) is 17.7. The molecule has 31 heavy (non-hydrogen) atoms. The van der Waals surface area contributed by atoms with Crippen LogP contribution in [0.1, 0.15) is 55.5 Å². The zero-order valence-electron chi connectivity index (χ0n) is 16.9. The topological polar surface area (TPSA) is 102 Å². The Morgan fingerprint density at radius 2 is 1.94 bits per heavy atom. The molecule has 1 aliphatic carbocycles. The number of fused-ring (bicyclic) bond motifs is 1. The van der Waals surface area contributed by atoms with Crippen molar-refractivity contribution in [3.8, 4) is 11.8 Å². The molecule has 2 aromatic heterocycles. The number of aryl methyl sites for hydroxylation is 1. The predicted molar refractivity (Wildman–Crippen MR) is 114 cm³/mol. The minimum absolute atomic E-state index is 0.127. The number of furan rings is 1. The van der Waals surface area contributed by atoms with Gasteiger partial charge in [0, 0.05) is 4.88 Å². The average Bonchev–Trinajstić information content (AvgIpc) is 3.41. The van der Waals surface area contributed by atoms with Crippen molar-refractivity contribution < 1.29 is 23.5 Å². The lowest BCUT2D eigenvalue weighted by atomic mass is 9.96. The van der Waals surface area contributed by atoms with Crippen molar-refractivity contribution in [1.82, 2.24) is 0 Å². The van der Waals surface area contributed by atoms with E-state index in [4.69, 9.17) is 9.15 Å². The van der Waals surface area contributed by atoms with E-state index in [-0.39, 0.29) is 12.4 Å². The summed E-state index contributed by atoms with van der Waals surface area (Å²) < 4.78 is 15.9. The molecule has 1 N–H and O–H groups in total. The fourth-order valence-corrected chi connectivity index (χ4v) is 4.71. The molecule has 0 spiro atoms. The Hall–Kier alpha value is -3.57. The van der Waals surface area contributed by atoms with E-state index in [0.29, 0.717) is 27.6 Å². The first-order valence-corrected chi connectivity index (χ1v) is 10.7. The van der Waals surface area contributed by atoms with Crippen LogP contribution in [-0.2, 0) is 24.2 Å². The molecule has 4 rings (SSSR count). The van der Waals surface area contributed by atoms with E-state index in [1.54, 1.807) is 36.4 Å². The van der Waals surface area contributed by atoms with Crippen LogP contribution in [0, 0.1) is 11.3 Å². The van der Waals surface area contributed by atoms with E-state index in [9.17, 15) is 14.9 Å². The summed E-state index contributed by atoms with van der Waals surface area (Å²) in [4.78, 5) is 25.3. The number of rotatable bonds is 6. The number of thiophene rings is 1. The monoisotopic (exact) mass is 436 g/mol. The lowest BCUT2D eigenvalue weighted by molar-refractivity contribution is 0.0600. The third-order valence-corrected chi connectivity index (χ3v) is 6.26. The summed E-state index contributed by atoms with van der Waals surface area (Å²) in [7, 11) is 1.32. The smallest absolute Gasteiger partial charge is 0.337 e. The highest BCUT2D eigenvalue weighted by Gasteiger charge is 2.23. The van der Waals surface area contributed by atoms with Gasteiger partial charge in [-0.3, -0.25) is 4.79 Å². The lowest BCUT2D eigenvalue weighted by Crippen LogP contribution is -2.11. The maximum Gasteiger partial charge on any atom is 0.337 e. The summed E-state index contributed by atoms with van der Waals surface area (Å²) in [6.07, 6.45) is 4.01. The fraction of sp³-hybridized carbons (Fsp3) is 0.261. The molecule has 8 heteroatoms. The fourth-order valence-electron chi connectivity index (χ4n) is 3.47. The quantitative estimate of drug-likeness (QED) is 0.562. The van der Waals surface area contributed by atoms with Crippen molar-refractivity contribution in [2.24, 2.45) is 0 Å². The van der Waals surface area contributed by atoms with Gasteiger partial charge < -0.3 is 19.2 Å². The molecule has 0 unspecified atom stereocenters. The van der Waals surface area contributed by atoms with Gasteiger partial charge in [-0.2, -0.15) is 5.26 Å². The predicted octanol–water partition coefficient (Wildman–Crippen LogP) is 4.71. The number of hydrogen-bond acceptors (Lipinski definition) is 7. The Labute approximate surface area is 183 Å². The molecule has 0 fully saturated rings. The highest BCUT2D eigenvalue weighted by atomic mass is 32.1. The summed E-state index contributed by atoms with van der Waals surface area (Å²) in [6, 6.07) is 12.0. The van der Waals surface area contributed by atoms with Crippen molar-refractivity contribution in [2.45, 2.75) is 32.3 Å². The standard InChI is InChI=1S/C23H20N2O5S/c1-28-23(27)14-6-8-15(9-7-14)29-13-16-10-11-19(30-16)21(26)25-22-18(12-24)17-4-2-3-5-20(17)31-22/h6-11H,2-5,13H2,1H3,(H,25,26). The van der Waals surface area contributed by atoms with Crippen LogP contribution in [0.15, 0.2) is 40.8 Å². The van der Waals surface area contributed by atoms with Crippen molar-refractivity contribution in [3.05, 3.63) is 69.5 Å². The van der Waals surface area contributed by atoms with Crippen LogP contribution < -0.4 is 10.1 Å². The zero-order chi connectivity index (χ0) is 21.8. The van der Waals surface area contributed by atoms with E-state index in [0.717, 1.165) is 31.2 Å². The van der Waals surface area contributed by atoms with Gasteiger partial charge in [0.1, 0.15) is 29.2 Å². The third-order valence-electron chi connectivity index (χ3n) is 5.05. The summed E-state index contributed by atoms with van der Waals surface area (Å²) in [6.45, 7) is 0.127. The van der Waals surface area contributed by atoms with E-state index in [2.05, 4.69) is 16.1 Å². The van der Waals surface area contributed by atoms with Gasteiger partial charge in [0.05, 0.1) is 18.2 Å². The number of carbonyl (C=O) groups excluding carboxylic acids is 2. The largest absolute Gasteiger partial charge is 0.486 e. The SMILES string of the molecule is COC(=O)c1ccc(OCc2ccc(C(=O)Nc3sc4c(c3C#N)CCCC4)o2)cc1. The first-order valence-electron chi connectivity index (χ1n) is 9.85. The number of esters is 1. The number of hydrogen-bond donors (Lipinski definition) is 1. The third kappa shape index (κ3) is 4.47. The Balaban J connectivity index is 1.39. The van der Waals surface area contributed by atoms with E-state index in [1.165, 1.54) is 23.3 Å². The number of amides is 1. The number of carbonyl (C=O) groups is 2. The van der Waals surface area contributed by atoms with E-state index in [1.807, 2.05) is 0 Å². The molecule has 3 aromatic rings. The minimum atomic E-state index is -0.417. The number of benzene rings is 1. The van der Waals surface area contributed by atoms with Gasteiger partial charge in [-0.15, -0.1) is 11.3 Å². The highest BCUT2D eigenvalue weighted by Crippen LogP contribution is 2.37. The molecule has 1 aliphatic rings. The number of nitrogens with one attached hydrogen (secondary N) is 1. The summed E-state index contributed by atoms with van der Waals surface area (Å²) in [5.41, 5.74) is 2.07. The van der Waals surface area contributed by atoms with Crippen LogP contribution in [0.25, 0.3) is 0 Å². The van der Waals surface area contributed by atoms with E-state index >= 15 is 0 Å². The van der Waals surface area contributed by atoms with Crippen LogP contribution in [0.3, 0.4) is 0 Å². The Kier molecular flexibility index (Phi) is 6.05. The number of methoxy groups -OCH3 is 1. The first kappa shape index (κ1) is 20.7. The van der Waals surface area contributed by atoms with Gasteiger partial charge >= 0.3 is 5.97 Å². The molecule has 1 aromatic carbocycles. The Morgan fingerprint density at radius 3 is 2.68 bits per heavy atom. The molecule has 1 amide bonds. The molecule has 158 valence electrons. The summed E-state index contributed by atoms with van der Waals surface area (Å²) in [5.74, 6) is 0.365. The average molecular weight is 436 g/mol. The Bertz CT molecular complexity index is 1150. The van der Waals surface area contributed by atoms with Gasteiger partial charge in [0.2, 0.25) is 0 Å². The molecule has 0 radical (unpaired) electrons. The molecule has 7 nitrogen and oxygen atoms in total. The second kappa shape index (κ2) is 9.06. The van der Waals surface area contributed by atoms with Crippen LogP contribution >= 0.6 is 11.3 Å². The summed E-state index contributed by atoms with van der Waals surface area (Å²) in [5, 5.41) is 12.9. The second-order valence-electron chi connectivity index (χ2n) is 7.05. The summed E-state index contributed by atoms with van der Waals surface area (Å²) >= 11 is 1.47. The maximum absolute atomic E-state index is 12.6. The second-order valence-corrected chi connectivity index (χ2v) is 8.16. The van der Waals surface area contributed by atoms with Crippen molar-refractivity contribution in [2.75, 3.05) is 12.4 Å². The van der Waals surface area contributed by atoms with Crippen molar-refractivity contribution in [1.29, 1.82) is 5.26 Å². The molecule has 0 atom stereocenters. The minimum Gasteiger partial charge on any atom is -0.486 e. The molecule has 0 bridgehead atoms. The van der Waals surface area contributed by atoms with Crippen LogP contribution in [-0.4, -0.2) is 19.0 Å². The molecule has 0 saturated heterocycles. The molecular weight excluding hydrogens is 416 g/mol. The lowest BCUT2D eigenvalue weighted by Gasteiger charge is -2.09. The van der Waals surface area contributed by atoms with Gasteiger partial charge in [-0.25, -0.2) is 4.79 Å². The van der Waals surface area contributed by atoms with Crippen LogP contribution in [0.5, 0.6) is 5.75 Å². The van der Waals surface area contributed by atoms with Crippen molar-refractivity contribution >= 4 is 28.2 Å². The number of anilines is 1. The number of nitrogens with zero attached hydrogens (tertiary/aromatic N) is 1. The normalized spacial score (nSPS) is 12.5. The molecule has 0 saturated carbocycles. The van der Waals surface area contributed by atoms with Crippen LogP contribution in [0.2, 0.25) is 0 Å². The Morgan fingerprint density at radius 1 is 1.16 bits per heavy atom. The highest BCUT2D eigenvalue weighted by molar-refractivity contribution is 7.16. The molecule has 2 heterocycles. The van der Waals surface area contributed by atoms with Gasteiger partial charge in [-0.05, 0) is 67.6 Å². The van der Waals surface area contributed by atoms with Gasteiger partial charge in [-0.1, -0.05) is 0 Å². The van der Waals surface area contributed by atoms with E-state index < -0.39 is 11.9 Å². The first-order chi connectivity index (χ1) is 15.1. The van der Waals surface area contributed by atoms with Gasteiger partial charge in [0.15, 0.2) is 5.76 Å². The van der Waals surface area contributed by atoms with Gasteiger partial charge in [0.25, 0.3) is 5.91 Å². The van der Waals surface area contributed by atoms with Crippen LogP contribution in [0.4, 0.5) is 5.00 Å². The number of ether oxygens (including phenoxy) is 2. The molecular formula is C23H20N2O5S. The number of nitriles is 1. The maximum atomic E-state index is 12.6.